The number of methoxy groups -OCH3 is 1. The van der Waals surface area contributed by atoms with Gasteiger partial charge in [0.05, 0.1) is 23.8 Å². The minimum Gasteiger partial charge on any atom is -0.465 e. The molecule has 5 atom stereocenters. The molecule has 3 aromatic rings. The number of hydrogen-bond donors (Lipinski definition) is 2. The molecule has 6 nitrogen and oxygen atoms in total. The third-order valence-electron chi connectivity index (χ3n) is 8.49. The number of nitriles is 1. The van der Waals surface area contributed by atoms with E-state index in [2.05, 4.69) is 61.0 Å². The van der Waals surface area contributed by atoms with Gasteiger partial charge in [-0.15, -0.1) is 0 Å². The van der Waals surface area contributed by atoms with E-state index >= 15 is 0 Å². The first-order valence-corrected chi connectivity index (χ1v) is 15.4. The Bertz CT molecular complexity index is 1270. The Morgan fingerprint density at radius 1 is 1.07 bits per heavy atom. The van der Waals surface area contributed by atoms with Crippen molar-refractivity contribution in [2.45, 2.75) is 68.5 Å². The standard InChI is InChI=1S/C35H41N3O3S/c1-5-16-26-24-30(25-36)38(33(39)40)31(26)32(34(3,41-4)23-6-2)37-42-35(27-17-10-7-11-18-27,28-19-12-8-13-20-28)29-21-14-9-15-22-29/h5,7-22,26,30-32,37H,6,23-24H2,1-4H3,(H,39,40)/b16-5-/t26-,30-,31-,32-,34+/m1/s1. The summed E-state index contributed by atoms with van der Waals surface area (Å²) in [5.41, 5.74) is 2.55. The molecule has 0 bridgehead atoms. The van der Waals surface area contributed by atoms with Crippen molar-refractivity contribution in [1.29, 1.82) is 5.26 Å². The van der Waals surface area contributed by atoms with Gasteiger partial charge in [0.25, 0.3) is 0 Å². The lowest BCUT2D eigenvalue weighted by Gasteiger charge is -2.46. The molecular formula is C35H41N3O3S. The molecule has 0 radical (unpaired) electrons. The molecule has 42 heavy (non-hydrogen) atoms. The number of nitrogens with zero attached hydrogens (tertiary/aromatic N) is 2. The van der Waals surface area contributed by atoms with E-state index in [1.165, 1.54) is 4.90 Å². The highest BCUT2D eigenvalue weighted by molar-refractivity contribution is 7.98. The summed E-state index contributed by atoms with van der Waals surface area (Å²) in [7, 11) is 1.69. The van der Waals surface area contributed by atoms with Crippen molar-refractivity contribution >= 4 is 18.0 Å². The quantitative estimate of drug-likeness (QED) is 0.130. The average molecular weight is 584 g/mol. The van der Waals surface area contributed by atoms with Crippen LogP contribution in [0.4, 0.5) is 4.79 Å². The monoisotopic (exact) mass is 583 g/mol. The molecule has 1 amide bonds. The summed E-state index contributed by atoms with van der Waals surface area (Å²) in [6.07, 6.45) is 4.90. The predicted molar refractivity (Wildman–Crippen MR) is 170 cm³/mol. The van der Waals surface area contributed by atoms with Crippen LogP contribution >= 0.6 is 11.9 Å². The van der Waals surface area contributed by atoms with E-state index in [4.69, 9.17) is 4.74 Å². The molecule has 220 valence electrons. The van der Waals surface area contributed by atoms with Crippen LogP contribution in [0.1, 0.15) is 56.7 Å². The molecule has 0 unspecified atom stereocenters. The van der Waals surface area contributed by atoms with Crippen LogP contribution in [0.2, 0.25) is 0 Å². The number of rotatable bonds is 12. The average Bonchev–Trinajstić information content (AvgIpc) is 3.39. The van der Waals surface area contributed by atoms with E-state index in [1.54, 1.807) is 19.1 Å². The molecule has 4 rings (SSSR count). The SMILES string of the molecule is C/C=C\[C@@H]1C[C@H](C#N)N(C(=O)O)[C@H]1[C@@H](NSC(c1ccccc1)(c1ccccc1)c1ccccc1)[C@](C)(CCC)OC. The van der Waals surface area contributed by atoms with Gasteiger partial charge in [0.15, 0.2) is 0 Å². The van der Waals surface area contributed by atoms with Crippen molar-refractivity contribution in [3.8, 4) is 6.07 Å². The Hall–Kier alpha value is -3.57. The lowest BCUT2D eigenvalue weighted by molar-refractivity contribution is -0.0482. The smallest absolute Gasteiger partial charge is 0.408 e. The van der Waals surface area contributed by atoms with Crippen LogP contribution in [0.15, 0.2) is 103 Å². The lowest BCUT2D eigenvalue weighted by Crippen LogP contribution is -2.61. The minimum atomic E-state index is -1.09. The molecule has 1 saturated heterocycles. The molecule has 3 aromatic carbocycles. The molecule has 0 spiro atoms. The van der Waals surface area contributed by atoms with E-state index < -0.39 is 34.6 Å². The van der Waals surface area contributed by atoms with Crippen molar-refractivity contribution < 1.29 is 14.6 Å². The fraction of sp³-hybridized carbons (Fsp3) is 0.371. The maximum Gasteiger partial charge on any atom is 0.408 e. The van der Waals surface area contributed by atoms with Crippen molar-refractivity contribution in [1.82, 2.24) is 9.62 Å². The van der Waals surface area contributed by atoms with Crippen LogP contribution in [0, 0.1) is 17.2 Å². The third-order valence-corrected chi connectivity index (χ3v) is 9.88. The summed E-state index contributed by atoms with van der Waals surface area (Å²) < 4.78 is 9.43. The van der Waals surface area contributed by atoms with E-state index in [9.17, 15) is 15.2 Å². The number of amides is 1. The van der Waals surface area contributed by atoms with E-state index in [-0.39, 0.29) is 5.92 Å². The third kappa shape index (κ3) is 6.12. The zero-order valence-electron chi connectivity index (χ0n) is 24.8. The number of carbonyl (C=O) groups is 1. The lowest BCUT2D eigenvalue weighted by atomic mass is 9.81. The van der Waals surface area contributed by atoms with Gasteiger partial charge in [0.2, 0.25) is 0 Å². The number of likely N-dealkylation sites (tertiary alicyclic amines) is 1. The molecule has 1 aliphatic rings. The van der Waals surface area contributed by atoms with Gasteiger partial charge in [-0.1, -0.05) is 128 Å². The first-order chi connectivity index (χ1) is 20.4. The fourth-order valence-corrected chi connectivity index (χ4v) is 7.89. The maximum absolute atomic E-state index is 12.7. The van der Waals surface area contributed by atoms with Gasteiger partial charge in [0, 0.05) is 13.0 Å². The molecule has 0 aliphatic carbocycles. The highest BCUT2D eigenvalue weighted by Gasteiger charge is 2.53. The summed E-state index contributed by atoms with van der Waals surface area (Å²) in [5.74, 6) is -0.153. The van der Waals surface area contributed by atoms with Gasteiger partial charge in [-0.05, 0) is 43.4 Å². The molecular weight excluding hydrogens is 542 g/mol. The summed E-state index contributed by atoms with van der Waals surface area (Å²) in [6.45, 7) is 6.09. The van der Waals surface area contributed by atoms with Gasteiger partial charge in [-0.25, -0.2) is 4.79 Å². The second-order valence-electron chi connectivity index (χ2n) is 11.0. The number of nitrogens with one attached hydrogen (secondary N) is 1. The second-order valence-corrected chi connectivity index (χ2v) is 12.0. The van der Waals surface area contributed by atoms with Gasteiger partial charge in [-0.2, -0.15) is 5.26 Å². The molecule has 1 heterocycles. The molecule has 0 saturated carbocycles. The first kappa shape index (κ1) is 31.4. The van der Waals surface area contributed by atoms with Crippen LogP contribution in [-0.4, -0.2) is 46.9 Å². The first-order valence-electron chi connectivity index (χ1n) is 14.5. The summed E-state index contributed by atoms with van der Waals surface area (Å²) in [5, 5.41) is 20.4. The maximum atomic E-state index is 12.7. The Kier molecular flexibility index (Phi) is 10.5. The summed E-state index contributed by atoms with van der Waals surface area (Å²) in [6, 6.07) is 31.7. The number of carboxylic acid groups (broad SMARTS) is 1. The van der Waals surface area contributed by atoms with Crippen molar-refractivity contribution in [3.05, 3.63) is 120 Å². The number of hydrogen-bond acceptors (Lipinski definition) is 5. The van der Waals surface area contributed by atoms with E-state index in [1.807, 2.05) is 73.7 Å². The van der Waals surface area contributed by atoms with Gasteiger partial charge < -0.3 is 9.84 Å². The Morgan fingerprint density at radius 3 is 1.95 bits per heavy atom. The van der Waals surface area contributed by atoms with Crippen molar-refractivity contribution in [2.24, 2.45) is 5.92 Å². The van der Waals surface area contributed by atoms with E-state index in [0.717, 1.165) is 23.1 Å². The zero-order valence-corrected chi connectivity index (χ0v) is 25.6. The number of allylic oxidation sites excluding steroid dienone is 1. The highest BCUT2D eigenvalue weighted by Crippen LogP contribution is 2.49. The number of ether oxygens (including phenoxy) is 1. The van der Waals surface area contributed by atoms with Gasteiger partial charge in [-0.3, -0.25) is 9.62 Å². The van der Waals surface area contributed by atoms with E-state index in [0.29, 0.717) is 12.8 Å². The Morgan fingerprint density at radius 2 is 1.57 bits per heavy atom. The largest absolute Gasteiger partial charge is 0.465 e. The topological polar surface area (TPSA) is 85.6 Å². The fourth-order valence-electron chi connectivity index (χ4n) is 6.43. The summed E-state index contributed by atoms with van der Waals surface area (Å²) in [4.78, 5) is 14.1. The second kappa shape index (κ2) is 14.1. The predicted octanol–water partition coefficient (Wildman–Crippen LogP) is 7.63. The van der Waals surface area contributed by atoms with Crippen LogP contribution in [0.25, 0.3) is 0 Å². The van der Waals surface area contributed by atoms with Crippen molar-refractivity contribution in [3.63, 3.8) is 0 Å². The molecule has 7 heteroatoms. The highest BCUT2D eigenvalue weighted by atomic mass is 32.2. The van der Waals surface area contributed by atoms with Crippen LogP contribution in [-0.2, 0) is 9.48 Å². The summed E-state index contributed by atoms with van der Waals surface area (Å²) >= 11 is 1.58. The molecule has 0 aromatic heterocycles. The molecule has 2 N–H and O–H groups in total. The van der Waals surface area contributed by atoms with Crippen LogP contribution in [0.3, 0.4) is 0 Å². The van der Waals surface area contributed by atoms with Crippen LogP contribution < -0.4 is 4.72 Å². The Balaban J connectivity index is 1.92. The van der Waals surface area contributed by atoms with Crippen LogP contribution in [0.5, 0.6) is 0 Å². The minimum absolute atomic E-state index is 0.153. The Labute approximate surface area is 254 Å². The van der Waals surface area contributed by atoms with Gasteiger partial charge >= 0.3 is 6.09 Å². The van der Waals surface area contributed by atoms with Gasteiger partial charge in [0.1, 0.15) is 10.8 Å². The normalized spacial score (nSPS) is 21.1. The molecule has 1 aliphatic heterocycles. The van der Waals surface area contributed by atoms with Crippen molar-refractivity contribution in [2.75, 3.05) is 7.11 Å². The number of benzene rings is 3. The zero-order chi connectivity index (χ0) is 30.2. The molecule has 1 fully saturated rings.